The zero-order chi connectivity index (χ0) is 14.8. The quantitative estimate of drug-likeness (QED) is 0.837. The fraction of sp³-hybridized carbons (Fsp3) is 0.875. The molecule has 2 aliphatic heterocycles. The number of piperidine rings is 1. The predicted molar refractivity (Wildman–Crippen MR) is 78.4 cm³/mol. The summed E-state index contributed by atoms with van der Waals surface area (Å²) in [5.41, 5.74) is 0. The molecule has 3 rings (SSSR count). The number of hydrogen-bond donors (Lipinski definition) is 1. The van der Waals surface area contributed by atoms with Gasteiger partial charge in [0.25, 0.3) is 0 Å². The van der Waals surface area contributed by atoms with Gasteiger partial charge < -0.3 is 14.9 Å². The molecule has 2 unspecified atom stereocenters. The molecule has 1 aliphatic carbocycles. The molecule has 0 radical (unpaired) electrons. The predicted octanol–water partition coefficient (Wildman–Crippen LogP) is 0.866. The highest BCUT2D eigenvalue weighted by molar-refractivity contribution is 5.83. The number of rotatable bonds is 4. The average Bonchev–Trinajstić information content (AvgIpc) is 3.26. The summed E-state index contributed by atoms with van der Waals surface area (Å²) in [7, 11) is 0. The third kappa shape index (κ3) is 3.39. The van der Waals surface area contributed by atoms with Gasteiger partial charge in [-0.05, 0) is 44.4 Å². The van der Waals surface area contributed by atoms with Crippen LogP contribution in [0.2, 0.25) is 0 Å². The van der Waals surface area contributed by atoms with Gasteiger partial charge in [-0.1, -0.05) is 0 Å². The van der Waals surface area contributed by atoms with E-state index in [1.165, 1.54) is 0 Å². The lowest BCUT2D eigenvalue weighted by molar-refractivity contribution is -0.140. The van der Waals surface area contributed by atoms with Crippen LogP contribution in [0.25, 0.3) is 0 Å². The summed E-state index contributed by atoms with van der Waals surface area (Å²) >= 11 is 0. The first kappa shape index (κ1) is 14.8. The van der Waals surface area contributed by atoms with E-state index >= 15 is 0 Å². The van der Waals surface area contributed by atoms with Crippen LogP contribution < -0.4 is 0 Å². The molecule has 5 heteroatoms. The monoisotopic (exact) mass is 294 g/mol. The molecule has 5 nitrogen and oxygen atoms in total. The normalized spacial score (nSPS) is 29.8. The van der Waals surface area contributed by atoms with Gasteiger partial charge in [0, 0.05) is 38.7 Å². The second kappa shape index (κ2) is 6.34. The molecule has 0 aromatic heterocycles. The molecular formula is C16H26N2O3. The number of likely N-dealkylation sites (tertiary alicyclic amines) is 2. The average molecular weight is 294 g/mol. The van der Waals surface area contributed by atoms with Crippen molar-refractivity contribution in [2.75, 3.05) is 32.8 Å². The number of carbonyl (C=O) groups is 2. The van der Waals surface area contributed by atoms with E-state index in [0.29, 0.717) is 12.5 Å². The Bertz CT molecular complexity index is 408. The molecule has 21 heavy (non-hydrogen) atoms. The van der Waals surface area contributed by atoms with Crippen LogP contribution in [0.5, 0.6) is 0 Å². The fourth-order valence-corrected chi connectivity index (χ4v) is 3.68. The van der Waals surface area contributed by atoms with Crippen molar-refractivity contribution in [3.63, 3.8) is 0 Å². The van der Waals surface area contributed by atoms with Gasteiger partial charge in [0.1, 0.15) is 0 Å². The molecule has 3 fully saturated rings. The summed E-state index contributed by atoms with van der Waals surface area (Å²) in [5, 5.41) is 9.01. The number of aliphatic hydroxyl groups is 1. The van der Waals surface area contributed by atoms with Crippen molar-refractivity contribution in [2.45, 2.75) is 38.5 Å². The van der Waals surface area contributed by atoms with E-state index in [-0.39, 0.29) is 30.3 Å². The zero-order valence-corrected chi connectivity index (χ0v) is 12.7. The molecule has 0 spiro atoms. The van der Waals surface area contributed by atoms with Gasteiger partial charge in [0.05, 0.1) is 5.92 Å². The van der Waals surface area contributed by atoms with Gasteiger partial charge in [-0.3, -0.25) is 9.59 Å². The van der Waals surface area contributed by atoms with Crippen molar-refractivity contribution in [1.29, 1.82) is 0 Å². The van der Waals surface area contributed by atoms with Crippen LogP contribution in [-0.2, 0) is 9.59 Å². The molecule has 2 atom stereocenters. The van der Waals surface area contributed by atoms with Crippen molar-refractivity contribution in [3.8, 4) is 0 Å². The van der Waals surface area contributed by atoms with E-state index in [9.17, 15) is 9.59 Å². The number of nitrogens with zero attached hydrogens (tertiary/aromatic N) is 2. The zero-order valence-electron chi connectivity index (χ0n) is 12.7. The number of hydrogen-bond acceptors (Lipinski definition) is 3. The van der Waals surface area contributed by atoms with Gasteiger partial charge in [-0.2, -0.15) is 0 Å². The maximum Gasteiger partial charge on any atom is 0.227 e. The molecule has 118 valence electrons. The minimum atomic E-state index is -0.00525. The first-order valence-corrected chi connectivity index (χ1v) is 8.37. The van der Waals surface area contributed by atoms with Crippen LogP contribution in [0, 0.1) is 17.8 Å². The van der Waals surface area contributed by atoms with Gasteiger partial charge in [0.15, 0.2) is 0 Å². The summed E-state index contributed by atoms with van der Waals surface area (Å²) in [6.07, 6.45) is 5.72. The van der Waals surface area contributed by atoms with Crippen LogP contribution in [-0.4, -0.2) is 59.5 Å². The highest BCUT2D eigenvalue weighted by atomic mass is 16.3. The second-order valence-corrected chi connectivity index (χ2v) is 6.85. The van der Waals surface area contributed by atoms with Crippen LogP contribution >= 0.6 is 0 Å². The Balaban J connectivity index is 1.53. The molecule has 2 heterocycles. The van der Waals surface area contributed by atoms with E-state index < -0.39 is 0 Å². The minimum Gasteiger partial charge on any atom is -0.396 e. The van der Waals surface area contributed by atoms with Gasteiger partial charge in [-0.25, -0.2) is 0 Å². The largest absolute Gasteiger partial charge is 0.396 e. The SMILES string of the molecule is O=C(C1CCCN(C(=O)C2CC2)C1)N1CCC(CCO)C1. The number of carbonyl (C=O) groups excluding carboxylic acids is 2. The Morgan fingerprint density at radius 2 is 1.62 bits per heavy atom. The third-order valence-corrected chi connectivity index (χ3v) is 5.14. The van der Waals surface area contributed by atoms with E-state index in [0.717, 1.165) is 58.2 Å². The van der Waals surface area contributed by atoms with Crippen molar-refractivity contribution < 1.29 is 14.7 Å². The Morgan fingerprint density at radius 1 is 0.905 bits per heavy atom. The Hall–Kier alpha value is -1.10. The fourth-order valence-electron chi connectivity index (χ4n) is 3.68. The lowest BCUT2D eigenvalue weighted by atomic mass is 9.96. The first-order valence-electron chi connectivity index (χ1n) is 8.37. The Labute approximate surface area is 126 Å². The van der Waals surface area contributed by atoms with E-state index in [1.54, 1.807) is 0 Å². The van der Waals surface area contributed by atoms with Crippen molar-refractivity contribution in [2.24, 2.45) is 17.8 Å². The third-order valence-electron chi connectivity index (χ3n) is 5.14. The molecule has 2 amide bonds. The molecule has 0 bridgehead atoms. The molecule has 0 aromatic rings. The molecule has 1 saturated carbocycles. The summed E-state index contributed by atoms with van der Waals surface area (Å²) in [4.78, 5) is 28.7. The number of amides is 2. The van der Waals surface area contributed by atoms with Crippen molar-refractivity contribution in [3.05, 3.63) is 0 Å². The lowest BCUT2D eigenvalue weighted by Crippen LogP contribution is -2.46. The molecule has 0 aromatic carbocycles. The standard InChI is InChI=1S/C16H26N2O3/c19-9-6-12-5-8-18(10-12)16(21)14-2-1-7-17(11-14)15(20)13-3-4-13/h12-14,19H,1-11H2. The van der Waals surface area contributed by atoms with Crippen LogP contribution in [0.15, 0.2) is 0 Å². The summed E-state index contributed by atoms with van der Waals surface area (Å²) < 4.78 is 0. The van der Waals surface area contributed by atoms with Crippen LogP contribution in [0.1, 0.15) is 38.5 Å². The Morgan fingerprint density at radius 3 is 2.33 bits per heavy atom. The van der Waals surface area contributed by atoms with E-state index in [1.807, 2.05) is 9.80 Å². The summed E-state index contributed by atoms with van der Waals surface area (Å²) in [6, 6.07) is 0. The maximum atomic E-state index is 12.6. The first-order chi connectivity index (χ1) is 10.2. The van der Waals surface area contributed by atoms with E-state index in [2.05, 4.69) is 0 Å². The van der Waals surface area contributed by atoms with Crippen LogP contribution in [0.4, 0.5) is 0 Å². The topological polar surface area (TPSA) is 60.9 Å². The molecule has 1 N–H and O–H groups in total. The Kier molecular flexibility index (Phi) is 4.48. The van der Waals surface area contributed by atoms with Gasteiger partial charge in [-0.15, -0.1) is 0 Å². The highest BCUT2D eigenvalue weighted by Crippen LogP contribution is 2.33. The maximum absolute atomic E-state index is 12.6. The lowest BCUT2D eigenvalue weighted by Gasteiger charge is -2.34. The highest BCUT2D eigenvalue weighted by Gasteiger charge is 2.38. The number of aliphatic hydroxyl groups excluding tert-OH is 1. The smallest absolute Gasteiger partial charge is 0.227 e. The molecule has 2 saturated heterocycles. The summed E-state index contributed by atoms with van der Waals surface area (Å²) in [5.74, 6) is 1.19. The van der Waals surface area contributed by atoms with Crippen molar-refractivity contribution in [1.82, 2.24) is 9.80 Å². The molecular weight excluding hydrogens is 268 g/mol. The van der Waals surface area contributed by atoms with E-state index in [4.69, 9.17) is 5.11 Å². The van der Waals surface area contributed by atoms with Gasteiger partial charge >= 0.3 is 0 Å². The van der Waals surface area contributed by atoms with Gasteiger partial charge in [0.2, 0.25) is 11.8 Å². The van der Waals surface area contributed by atoms with Crippen LogP contribution in [0.3, 0.4) is 0 Å². The minimum absolute atomic E-state index is 0.00525. The second-order valence-electron chi connectivity index (χ2n) is 6.85. The van der Waals surface area contributed by atoms with Crippen molar-refractivity contribution >= 4 is 11.8 Å². The molecule has 3 aliphatic rings. The summed E-state index contributed by atoms with van der Waals surface area (Å²) in [6.45, 7) is 3.25.